The third kappa shape index (κ3) is 2.34. The first-order valence-corrected chi connectivity index (χ1v) is 4.97. The number of hydrogen-bond donors (Lipinski definition) is 0. The second-order valence-electron chi connectivity index (χ2n) is 2.11. The molecule has 0 aliphatic rings. The SMILES string of the molecule is N#Cc1nc(Br)cc(C(F)F)c1I. The molecular weight excluding hydrogens is 357 g/mol. The van der Waals surface area contributed by atoms with Gasteiger partial charge < -0.3 is 0 Å². The Morgan fingerprint density at radius 3 is 2.69 bits per heavy atom. The van der Waals surface area contributed by atoms with Gasteiger partial charge in [0.1, 0.15) is 10.7 Å². The van der Waals surface area contributed by atoms with Gasteiger partial charge in [-0.2, -0.15) is 5.26 Å². The van der Waals surface area contributed by atoms with Crippen molar-refractivity contribution in [3.8, 4) is 6.07 Å². The molecule has 68 valence electrons. The maximum absolute atomic E-state index is 12.4. The van der Waals surface area contributed by atoms with Gasteiger partial charge in [0, 0.05) is 5.56 Å². The topological polar surface area (TPSA) is 36.7 Å². The number of pyridine rings is 1. The Hall–Kier alpha value is -0.290. The molecule has 0 bridgehead atoms. The number of rotatable bonds is 1. The molecule has 0 spiro atoms. The van der Waals surface area contributed by atoms with Crippen LogP contribution < -0.4 is 0 Å². The minimum absolute atomic E-state index is 0.0188. The summed E-state index contributed by atoms with van der Waals surface area (Å²) in [6, 6.07) is 2.96. The molecule has 1 heterocycles. The van der Waals surface area contributed by atoms with Crippen molar-refractivity contribution in [2.45, 2.75) is 6.43 Å². The highest BCUT2D eigenvalue weighted by Gasteiger charge is 2.16. The molecule has 0 aliphatic heterocycles. The van der Waals surface area contributed by atoms with Crippen LogP contribution in [0.4, 0.5) is 8.78 Å². The summed E-state index contributed by atoms with van der Waals surface area (Å²) in [7, 11) is 0. The summed E-state index contributed by atoms with van der Waals surface area (Å²) < 4.78 is 25.2. The Morgan fingerprint density at radius 2 is 2.23 bits per heavy atom. The standard InChI is InChI=1S/C7H2BrF2IN2/c8-5-1-3(7(9)10)6(11)4(2-12)13-5/h1,7H. The third-order valence-electron chi connectivity index (χ3n) is 1.30. The van der Waals surface area contributed by atoms with Gasteiger partial charge in [-0.05, 0) is 44.6 Å². The maximum atomic E-state index is 12.4. The quantitative estimate of drug-likeness (QED) is 0.570. The first-order valence-electron chi connectivity index (χ1n) is 3.10. The van der Waals surface area contributed by atoms with E-state index in [1.807, 2.05) is 0 Å². The predicted octanol–water partition coefficient (Wildman–Crippen LogP) is 3.26. The van der Waals surface area contributed by atoms with E-state index in [2.05, 4.69) is 20.9 Å². The molecule has 2 nitrogen and oxygen atoms in total. The normalized spacial score (nSPS) is 10.2. The van der Waals surface area contributed by atoms with Gasteiger partial charge in [0.2, 0.25) is 0 Å². The van der Waals surface area contributed by atoms with Gasteiger partial charge in [-0.25, -0.2) is 13.8 Å². The molecule has 1 aromatic heterocycles. The third-order valence-corrected chi connectivity index (χ3v) is 2.84. The highest BCUT2D eigenvalue weighted by Crippen LogP contribution is 2.28. The Morgan fingerprint density at radius 1 is 1.62 bits per heavy atom. The van der Waals surface area contributed by atoms with Gasteiger partial charge in [-0.15, -0.1) is 0 Å². The molecule has 6 heteroatoms. The van der Waals surface area contributed by atoms with E-state index in [0.29, 0.717) is 0 Å². The van der Waals surface area contributed by atoms with Crippen molar-refractivity contribution in [3.05, 3.63) is 25.5 Å². The number of nitriles is 1. The number of halogens is 4. The summed E-state index contributed by atoms with van der Waals surface area (Å²) in [6.07, 6.45) is -2.58. The van der Waals surface area contributed by atoms with Gasteiger partial charge in [0.05, 0.1) is 3.57 Å². The van der Waals surface area contributed by atoms with E-state index >= 15 is 0 Å². The van der Waals surface area contributed by atoms with Crippen molar-refractivity contribution in [1.29, 1.82) is 5.26 Å². The molecular formula is C7H2BrF2IN2. The smallest absolute Gasteiger partial charge is 0.229 e. The van der Waals surface area contributed by atoms with Crippen molar-refractivity contribution in [2.75, 3.05) is 0 Å². The lowest BCUT2D eigenvalue weighted by molar-refractivity contribution is 0.150. The summed E-state index contributed by atoms with van der Waals surface area (Å²) in [5, 5.41) is 8.57. The molecule has 0 saturated carbocycles. The van der Waals surface area contributed by atoms with E-state index in [0.717, 1.165) is 0 Å². The Bertz CT molecular complexity index is 375. The molecule has 0 aromatic carbocycles. The maximum Gasteiger partial charge on any atom is 0.265 e. The molecule has 1 rings (SSSR count). The van der Waals surface area contributed by atoms with E-state index in [4.69, 9.17) is 5.26 Å². The Kier molecular flexibility index (Phi) is 3.55. The van der Waals surface area contributed by atoms with Crippen molar-refractivity contribution in [3.63, 3.8) is 0 Å². The molecule has 1 aromatic rings. The highest BCUT2D eigenvalue weighted by molar-refractivity contribution is 14.1. The zero-order valence-corrected chi connectivity index (χ0v) is 9.80. The molecule has 0 fully saturated rings. The van der Waals surface area contributed by atoms with Crippen LogP contribution in [0.3, 0.4) is 0 Å². The van der Waals surface area contributed by atoms with Crippen LogP contribution in [-0.2, 0) is 0 Å². The number of alkyl halides is 2. The fraction of sp³-hybridized carbons (Fsp3) is 0.143. The Balaban J connectivity index is 3.38. The highest BCUT2D eigenvalue weighted by atomic mass is 127. The molecule has 13 heavy (non-hydrogen) atoms. The number of hydrogen-bond acceptors (Lipinski definition) is 2. The lowest BCUT2D eigenvalue weighted by Crippen LogP contribution is -1.97. The molecule has 0 N–H and O–H groups in total. The molecule has 0 radical (unpaired) electrons. The zero-order chi connectivity index (χ0) is 10.0. The molecule has 0 amide bonds. The Labute approximate surface area is 95.2 Å². The summed E-state index contributed by atoms with van der Waals surface area (Å²) in [6.45, 7) is 0. The molecule has 0 saturated heterocycles. The fourth-order valence-electron chi connectivity index (χ4n) is 0.749. The van der Waals surface area contributed by atoms with Crippen LogP contribution in [0.5, 0.6) is 0 Å². The first kappa shape index (κ1) is 10.8. The fourth-order valence-corrected chi connectivity index (χ4v) is 1.81. The average Bonchev–Trinajstić information content (AvgIpc) is 2.08. The van der Waals surface area contributed by atoms with Crippen molar-refractivity contribution in [2.24, 2.45) is 0 Å². The first-order chi connectivity index (χ1) is 6.06. The summed E-state index contributed by atoms with van der Waals surface area (Å²) in [5.41, 5.74) is -0.149. The number of aromatic nitrogens is 1. The van der Waals surface area contributed by atoms with E-state index in [1.165, 1.54) is 6.07 Å². The average molecular weight is 359 g/mol. The van der Waals surface area contributed by atoms with E-state index < -0.39 is 6.43 Å². The van der Waals surface area contributed by atoms with Crippen molar-refractivity contribution in [1.82, 2.24) is 4.98 Å². The molecule has 0 atom stereocenters. The van der Waals surface area contributed by atoms with Crippen LogP contribution in [0.15, 0.2) is 10.7 Å². The summed E-state index contributed by atoms with van der Waals surface area (Å²) in [4.78, 5) is 3.75. The predicted molar refractivity (Wildman–Crippen MR) is 54.3 cm³/mol. The summed E-state index contributed by atoms with van der Waals surface area (Å²) >= 11 is 4.64. The van der Waals surface area contributed by atoms with Crippen LogP contribution in [-0.4, -0.2) is 4.98 Å². The van der Waals surface area contributed by atoms with E-state index in [9.17, 15) is 8.78 Å². The van der Waals surface area contributed by atoms with Crippen molar-refractivity contribution >= 4 is 38.5 Å². The van der Waals surface area contributed by atoms with Gasteiger partial charge >= 0.3 is 0 Å². The zero-order valence-electron chi connectivity index (χ0n) is 6.06. The summed E-state index contributed by atoms with van der Waals surface area (Å²) in [5.74, 6) is 0. The second kappa shape index (κ2) is 4.28. The lowest BCUT2D eigenvalue weighted by atomic mass is 10.2. The number of nitrogens with zero attached hydrogens (tertiary/aromatic N) is 2. The van der Waals surface area contributed by atoms with Crippen LogP contribution >= 0.6 is 38.5 Å². The lowest BCUT2D eigenvalue weighted by Gasteiger charge is -2.04. The van der Waals surface area contributed by atoms with Gasteiger partial charge in [0.15, 0.2) is 5.69 Å². The minimum atomic E-state index is -2.58. The second-order valence-corrected chi connectivity index (χ2v) is 4.00. The van der Waals surface area contributed by atoms with Gasteiger partial charge in [-0.1, -0.05) is 0 Å². The van der Waals surface area contributed by atoms with Gasteiger partial charge in [-0.3, -0.25) is 0 Å². The monoisotopic (exact) mass is 358 g/mol. The van der Waals surface area contributed by atoms with Gasteiger partial charge in [0.25, 0.3) is 6.43 Å². The van der Waals surface area contributed by atoms with E-state index in [1.54, 1.807) is 28.7 Å². The molecule has 0 aliphatic carbocycles. The van der Waals surface area contributed by atoms with E-state index in [-0.39, 0.29) is 19.4 Å². The van der Waals surface area contributed by atoms with Crippen molar-refractivity contribution < 1.29 is 8.78 Å². The van der Waals surface area contributed by atoms with Crippen LogP contribution in [0.25, 0.3) is 0 Å². The van der Waals surface area contributed by atoms with Crippen LogP contribution in [0.2, 0.25) is 0 Å². The van der Waals surface area contributed by atoms with Crippen LogP contribution in [0, 0.1) is 14.9 Å². The molecule has 0 unspecified atom stereocenters. The largest absolute Gasteiger partial charge is 0.265 e. The minimum Gasteiger partial charge on any atom is -0.229 e. The van der Waals surface area contributed by atoms with Crippen LogP contribution in [0.1, 0.15) is 17.7 Å².